The van der Waals surface area contributed by atoms with Crippen LogP contribution in [0.3, 0.4) is 0 Å². The number of amides is 2. The van der Waals surface area contributed by atoms with E-state index in [1.807, 2.05) is 0 Å². The van der Waals surface area contributed by atoms with Crippen LogP contribution in [-0.4, -0.2) is 137 Å². The summed E-state index contributed by atoms with van der Waals surface area (Å²) in [5.41, 5.74) is 13.8. The summed E-state index contributed by atoms with van der Waals surface area (Å²) < 4.78 is 36.5. The van der Waals surface area contributed by atoms with Gasteiger partial charge in [-0.15, -0.1) is 0 Å². The molecule has 2 aliphatic rings. The van der Waals surface area contributed by atoms with E-state index in [1.165, 1.54) is 9.80 Å². The smallest absolute Gasteiger partial charge is 0.410 e. The molecule has 16 heteroatoms. The summed E-state index contributed by atoms with van der Waals surface area (Å²) in [6.07, 6.45) is -0.681. The number of azide groups is 1. The van der Waals surface area contributed by atoms with Gasteiger partial charge in [0.1, 0.15) is 19.2 Å². The van der Waals surface area contributed by atoms with Crippen molar-refractivity contribution < 1.29 is 47.9 Å². The predicted octanol–water partition coefficient (Wildman–Crippen LogP) is 7.00. The number of hydrogen-bond acceptors (Lipinski definition) is 11. The van der Waals surface area contributed by atoms with Crippen molar-refractivity contribution in [3.05, 3.63) is 10.4 Å². The van der Waals surface area contributed by atoms with Crippen molar-refractivity contribution in [1.82, 2.24) is 9.80 Å². The van der Waals surface area contributed by atoms with E-state index in [9.17, 15) is 9.59 Å². The van der Waals surface area contributed by atoms with E-state index in [1.54, 1.807) is 35.0 Å². The van der Waals surface area contributed by atoms with E-state index in [2.05, 4.69) is 72.3 Å². The Bertz CT molecular complexity index is 894. The van der Waals surface area contributed by atoms with Crippen molar-refractivity contribution >= 4 is 12.2 Å². The van der Waals surface area contributed by atoms with Gasteiger partial charge in [-0.2, -0.15) is 0 Å². The molecule has 16 nitrogen and oxygen atoms in total. The molecule has 2 saturated heterocycles. The number of hydrogen-bond donors (Lipinski definition) is 2. The molecular weight excluding hydrogens is 676 g/mol. The van der Waals surface area contributed by atoms with Gasteiger partial charge in [0.25, 0.3) is 0 Å². The van der Waals surface area contributed by atoms with Crippen molar-refractivity contribution in [2.45, 2.75) is 126 Å². The number of nitrogens with zero attached hydrogens (tertiary/aromatic N) is 5. The van der Waals surface area contributed by atoms with Crippen molar-refractivity contribution in [2.24, 2.45) is 28.6 Å². The monoisotopic (exact) mass is 753 g/mol. The Morgan fingerprint density at radius 1 is 0.769 bits per heavy atom. The first-order valence-electron chi connectivity index (χ1n) is 18.3. The number of methoxy groups -OCH3 is 2. The Hall–Kier alpha value is -2.43. The van der Waals surface area contributed by atoms with Crippen molar-refractivity contribution in [3.8, 4) is 0 Å². The third-order valence-corrected chi connectivity index (χ3v) is 5.61. The number of carbonyl (C=O) groups is 2. The van der Waals surface area contributed by atoms with E-state index in [0.29, 0.717) is 65.4 Å². The molecule has 0 aromatic carbocycles. The number of likely N-dealkylation sites (tertiary alicyclic amines) is 2. The molecule has 0 aromatic rings. The zero-order valence-electron chi connectivity index (χ0n) is 35.0. The quantitative estimate of drug-likeness (QED) is 0.0645. The van der Waals surface area contributed by atoms with Gasteiger partial charge in [0, 0.05) is 38.3 Å². The van der Waals surface area contributed by atoms with Crippen LogP contribution in [0.15, 0.2) is 5.11 Å². The number of ether oxygens (including phenoxy) is 7. The second kappa shape index (κ2) is 33.2. The normalized spacial score (nSPS) is 19.8. The first-order valence-corrected chi connectivity index (χ1v) is 18.3. The molecule has 0 aliphatic carbocycles. The maximum atomic E-state index is 12.2. The molecule has 4 atom stereocenters. The summed E-state index contributed by atoms with van der Waals surface area (Å²) in [6, 6.07) is -0.519. The van der Waals surface area contributed by atoms with Crippen LogP contribution in [0.1, 0.15) is 95.9 Å². The molecule has 2 rings (SSSR count). The largest absolute Gasteiger partial charge is 0.465 e. The minimum Gasteiger partial charge on any atom is -0.465 e. The minimum atomic E-state index is -0.964. The summed E-state index contributed by atoms with van der Waals surface area (Å²) in [6.45, 7) is 28.4. The lowest BCUT2D eigenvalue weighted by atomic mass is 10.0. The number of rotatable bonds is 13. The fourth-order valence-electron chi connectivity index (χ4n) is 3.84. The molecule has 310 valence electrons. The van der Waals surface area contributed by atoms with Crippen LogP contribution < -0.4 is 5.73 Å². The molecule has 2 heterocycles. The minimum absolute atomic E-state index is 0.0964. The van der Waals surface area contributed by atoms with Gasteiger partial charge in [-0.25, -0.2) is 9.59 Å². The van der Waals surface area contributed by atoms with Gasteiger partial charge < -0.3 is 53.8 Å². The average molecular weight is 753 g/mol. The second-order valence-electron chi connectivity index (χ2n) is 15.5. The molecule has 2 amide bonds. The Morgan fingerprint density at radius 2 is 1.19 bits per heavy atom. The topological polar surface area (TPSA) is 200 Å². The van der Waals surface area contributed by atoms with E-state index in [0.717, 1.165) is 17.8 Å². The molecule has 0 radical (unpaired) electrons. The highest BCUT2D eigenvalue weighted by Gasteiger charge is 2.33. The van der Waals surface area contributed by atoms with Crippen LogP contribution in [-0.2, 0) is 33.2 Å². The Labute approximate surface area is 314 Å². The van der Waals surface area contributed by atoms with E-state index in [4.69, 9.17) is 49.5 Å². The van der Waals surface area contributed by atoms with Gasteiger partial charge in [0.2, 0.25) is 0 Å². The van der Waals surface area contributed by atoms with Crippen LogP contribution in [0.4, 0.5) is 9.59 Å². The predicted molar refractivity (Wildman–Crippen MR) is 204 cm³/mol. The third-order valence-electron chi connectivity index (χ3n) is 5.61. The molecule has 52 heavy (non-hydrogen) atoms. The van der Waals surface area contributed by atoms with Gasteiger partial charge in [-0.3, -0.25) is 0 Å². The molecular formula is C36H76N6O10. The molecule has 0 bridgehead atoms. The Morgan fingerprint density at radius 3 is 1.58 bits per heavy atom. The SMILES string of the molecule is CC(C)C.CC(C)C.CC(C)C.COCCOCOC1CC(N=[N+]=[N-])CN(C(=O)OC(C)(C)C)C1.COCCOCO[C@H]1C[C@@H](N)CN(C(=O)O)C1. The highest BCUT2D eigenvalue weighted by molar-refractivity contribution is 5.68. The average Bonchev–Trinajstić information content (AvgIpc) is 2.99. The highest BCUT2D eigenvalue weighted by atomic mass is 16.7. The van der Waals surface area contributed by atoms with Gasteiger partial charge in [0.05, 0.1) is 57.8 Å². The van der Waals surface area contributed by atoms with E-state index in [-0.39, 0.29) is 37.9 Å². The first kappa shape index (κ1) is 53.9. The summed E-state index contributed by atoms with van der Waals surface area (Å²) in [7, 11) is 3.18. The zero-order chi connectivity index (χ0) is 40.7. The fourth-order valence-corrected chi connectivity index (χ4v) is 3.84. The van der Waals surface area contributed by atoms with E-state index < -0.39 is 17.8 Å². The molecule has 0 saturated carbocycles. The Kier molecular flexibility index (Phi) is 34.4. The molecule has 2 fully saturated rings. The zero-order valence-corrected chi connectivity index (χ0v) is 35.0. The second-order valence-corrected chi connectivity index (χ2v) is 15.5. The molecule has 0 aromatic heterocycles. The van der Waals surface area contributed by atoms with Crippen molar-refractivity contribution in [2.75, 3.05) is 80.4 Å². The molecule has 3 N–H and O–H groups in total. The number of piperidine rings is 2. The van der Waals surface area contributed by atoms with Crippen LogP contribution in [0.5, 0.6) is 0 Å². The molecule has 2 unspecified atom stereocenters. The fraction of sp³-hybridized carbons (Fsp3) is 0.944. The maximum Gasteiger partial charge on any atom is 0.410 e. The van der Waals surface area contributed by atoms with E-state index >= 15 is 0 Å². The lowest BCUT2D eigenvalue weighted by molar-refractivity contribution is -0.114. The van der Waals surface area contributed by atoms with Crippen LogP contribution in [0.25, 0.3) is 10.4 Å². The van der Waals surface area contributed by atoms with Gasteiger partial charge in [0.15, 0.2) is 0 Å². The van der Waals surface area contributed by atoms with Gasteiger partial charge in [-0.05, 0) is 56.9 Å². The third kappa shape index (κ3) is 38.8. The van der Waals surface area contributed by atoms with Crippen molar-refractivity contribution in [1.29, 1.82) is 0 Å². The summed E-state index contributed by atoms with van der Waals surface area (Å²) in [5, 5.41) is 12.6. The Balaban J connectivity index is -0.000000718. The van der Waals surface area contributed by atoms with Gasteiger partial charge in [-0.1, -0.05) is 67.4 Å². The van der Waals surface area contributed by atoms with Crippen LogP contribution in [0.2, 0.25) is 0 Å². The van der Waals surface area contributed by atoms with Crippen LogP contribution in [0, 0.1) is 17.8 Å². The highest BCUT2D eigenvalue weighted by Crippen LogP contribution is 2.20. The number of carbonyl (C=O) groups excluding carboxylic acids is 1. The lowest BCUT2D eigenvalue weighted by Crippen LogP contribution is -2.51. The first-order chi connectivity index (χ1) is 24.2. The number of nitrogens with two attached hydrogens (primary N) is 1. The maximum absolute atomic E-state index is 12.2. The van der Waals surface area contributed by atoms with Crippen molar-refractivity contribution in [3.63, 3.8) is 0 Å². The standard InChI is InChI=1S/C14H26N4O5.C10H20N2O5.3C4H10/c1-14(2,3)23-13(19)18-8-11(16-17-15)7-12(9-18)22-10-21-6-5-20-4;1-15-2-3-16-7-17-9-4-8(11)5-12(6-9)10(13)14;3*1-4(2)3/h11-12H,5-10H2,1-4H3;8-9H,2-7,11H2,1H3,(H,13,14);3*4H,1-3H3/t;8-,9+;;;/m.1.../s1. The summed E-state index contributed by atoms with van der Waals surface area (Å²) in [4.78, 5) is 28.6. The number of carboxylic acid groups (broad SMARTS) is 1. The summed E-state index contributed by atoms with van der Waals surface area (Å²) >= 11 is 0. The van der Waals surface area contributed by atoms with Crippen LogP contribution >= 0.6 is 0 Å². The molecule has 2 aliphatic heterocycles. The lowest BCUT2D eigenvalue weighted by Gasteiger charge is -2.36. The molecule has 0 spiro atoms. The van der Waals surface area contributed by atoms with Gasteiger partial charge >= 0.3 is 12.2 Å². The summed E-state index contributed by atoms with van der Waals surface area (Å²) in [5.74, 6) is 2.50.